The fourth-order valence-electron chi connectivity index (χ4n) is 1.73. The Balaban J connectivity index is 2.22. The lowest BCUT2D eigenvalue weighted by molar-refractivity contribution is 0.0680. The van der Waals surface area contributed by atoms with Gasteiger partial charge in [-0.05, 0) is 24.6 Å². The van der Waals surface area contributed by atoms with Gasteiger partial charge in [0.15, 0.2) is 0 Å². The Morgan fingerprint density at radius 2 is 2.19 bits per heavy atom. The number of nitrogens with one attached hydrogen (secondary N) is 1. The van der Waals surface area contributed by atoms with Gasteiger partial charge in [-0.15, -0.1) is 0 Å². The van der Waals surface area contributed by atoms with Crippen molar-refractivity contribution in [1.82, 2.24) is 10.2 Å². The Morgan fingerprint density at radius 1 is 1.50 bits per heavy atom. The molecule has 1 aliphatic rings. The zero-order valence-electron chi connectivity index (χ0n) is 9.46. The van der Waals surface area contributed by atoms with E-state index < -0.39 is 0 Å². The Morgan fingerprint density at radius 3 is 2.75 bits per heavy atom. The van der Waals surface area contributed by atoms with Gasteiger partial charge in [0.25, 0.3) is 5.91 Å². The van der Waals surface area contributed by atoms with E-state index in [1.807, 2.05) is 6.92 Å². The topological polar surface area (TPSA) is 32.3 Å². The zero-order chi connectivity index (χ0) is 11.7. The quantitative estimate of drug-likeness (QED) is 0.815. The van der Waals surface area contributed by atoms with Crippen molar-refractivity contribution in [3.63, 3.8) is 0 Å². The van der Waals surface area contributed by atoms with Crippen LogP contribution in [0.1, 0.15) is 15.9 Å². The lowest BCUT2D eigenvalue weighted by atomic mass is 10.1. The molecule has 1 fully saturated rings. The summed E-state index contributed by atoms with van der Waals surface area (Å²) >= 11 is 0. The van der Waals surface area contributed by atoms with Crippen LogP contribution < -0.4 is 5.32 Å². The van der Waals surface area contributed by atoms with Crippen LogP contribution in [0.5, 0.6) is 0 Å². The van der Waals surface area contributed by atoms with Crippen molar-refractivity contribution >= 4 is 5.91 Å². The monoisotopic (exact) mass is 222 g/mol. The van der Waals surface area contributed by atoms with Crippen molar-refractivity contribution in [3.8, 4) is 0 Å². The summed E-state index contributed by atoms with van der Waals surface area (Å²) in [6.07, 6.45) is 0. The summed E-state index contributed by atoms with van der Waals surface area (Å²) in [4.78, 5) is 13.8. The van der Waals surface area contributed by atoms with E-state index in [0.29, 0.717) is 5.56 Å². The molecule has 0 unspecified atom stereocenters. The molecule has 0 atom stereocenters. The summed E-state index contributed by atoms with van der Waals surface area (Å²) in [5.74, 6) is -0.474. The summed E-state index contributed by atoms with van der Waals surface area (Å²) in [7, 11) is 1.76. The third-order valence-corrected chi connectivity index (χ3v) is 3.06. The number of hydrogen-bond acceptors (Lipinski definition) is 2. The molecule has 1 saturated heterocycles. The van der Waals surface area contributed by atoms with Crippen molar-refractivity contribution < 1.29 is 9.18 Å². The average molecular weight is 222 g/mol. The molecule has 86 valence electrons. The predicted octanol–water partition coefficient (Wildman–Crippen LogP) is 1.18. The highest BCUT2D eigenvalue weighted by molar-refractivity contribution is 5.95. The van der Waals surface area contributed by atoms with Crippen LogP contribution in [-0.4, -0.2) is 37.0 Å². The molecule has 4 heteroatoms. The van der Waals surface area contributed by atoms with Crippen LogP contribution in [0.25, 0.3) is 0 Å². The van der Waals surface area contributed by atoms with E-state index in [1.54, 1.807) is 18.0 Å². The largest absolute Gasteiger partial charge is 0.336 e. The number of halogens is 1. The normalized spacial score (nSPS) is 15.7. The second kappa shape index (κ2) is 4.22. The third kappa shape index (κ3) is 1.93. The van der Waals surface area contributed by atoms with Gasteiger partial charge in [-0.1, -0.05) is 6.07 Å². The number of benzene rings is 1. The maximum Gasteiger partial charge on any atom is 0.254 e. The SMILES string of the molecule is Cc1ccc(F)cc1C(=O)N(C)C1CNC1. The maximum absolute atomic E-state index is 13.1. The summed E-state index contributed by atoms with van der Waals surface area (Å²) in [6, 6.07) is 4.54. The Bertz CT molecular complexity index is 415. The van der Waals surface area contributed by atoms with Gasteiger partial charge >= 0.3 is 0 Å². The fourth-order valence-corrected chi connectivity index (χ4v) is 1.73. The minimum atomic E-state index is -0.367. The molecule has 1 aliphatic heterocycles. The second-order valence-corrected chi connectivity index (χ2v) is 4.19. The molecule has 1 heterocycles. The number of likely N-dealkylation sites (N-methyl/N-ethyl adjacent to an activating group) is 1. The zero-order valence-corrected chi connectivity index (χ0v) is 9.46. The van der Waals surface area contributed by atoms with Gasteiger partial charge in [0.05, 0.1) is 6.04 Å². The van der Waals surface area contributed by atoms with Crippen molar-refractivity contribution in [1.29, 1.82) is 0 Å². The van der Waals surface area contributed by atoms with E-state index in [4.69, 9.17) is 0 Å². The smallest absolute Gasteiger partial charge is 0.254 e. The van der Waals surface area contributed by atoms with Crippen LogP contribution in [0.3, 0.4) is 0 Å². The summed E-state index contributed by atoms with van der Waals surface area (Å²) in [5, 5.41) is 3.11. The van der Waals surface area contributed by atoms with E-state index in [0.717, 1.165) is 18.7 Å². The first-order chi connectivity index (χ1) is 7.59. The lowest BCUT2D eigenvalue weighted by Gasteiger charge is -2.35. The molecule has 0 spiro atoms. The molecule has 0 aromatic heterocycles. The summed E-state index contributed by atoms with van der Waals surface area (Å²) in [6.45, 7) is 3.45. The molecule has 0 aliphatic carbocycles. The van der Waals surface area contributed by atoms with Crippen molar-refractivity contribution in [2.45, 2.75) is 13.0 Å². The molecule has 1 amide bonds. The van der Waals surface area contributed by atoms with Crippen molar-refractivity contribution in [2.24, 2.45) is 0 Å². The number of rotatable bonds is 2. The molecular weight excluding hydrogens is 207 g/mol. The number of hydrogen-bond donors (Lipinski definition) is 1. The highest BCUT2D eigenvalue weighted by Crippen LogP contribution is 2.14. The molecule has 0 radical (unpaired) electrons. The van der Waals surface area contributed by atoms with Gasteiger partial charge in [-0.2, -0.15) is 0 Å². The van der Waals surface area contributed by atoms with Gasteiger partial charge in [-0.3, -0.25) is 4.79 Å². The highest BCUT2D eigenvalue weighted by atomic mass is 19.1. The van der Waals surface area contributed by atoms with Crippen LogP contribution in [0.15, 0.2) is 18.2 Å². The van der Waals surface area contributed by atoms with Gasteiger partial charge in [0, 0.05) is 25.7 Å². The van der Waals surface area contributed by atoms with Crippen molar-refractivity contribution in [2.75, 3.05) is 20.1 Å². The molecule has 16 heavy (non-hydrogen) atoms. The number of carbonyl (C=O) groups is 1. The maximum atomic E-state index is 13.1. The second-order valence-electron chi connectivity index (χ2n) is 4.19. The summed E-state index contributed by atoms with van der Waals surface area (Å²) in [5.41, 5.74) is 1.26. The average Bonchev–Trinajstić information content (AvgIpc) is 2.18. The number of aryl methyl sites for hydroxylation is 1. The Kier molecular flexibility index (Phi) is 2.92. The van der Waals surface area contributed by atoms with Crippen LogP contribution in [-0.2, 0) is 0 Å². The predicted molar refractivity (Wildman–Crippen MR) is 59.9 cm³/mol. The Labute approximate surface area is 94.3 Å². The molecule has 0 bridgehead atoms. The van der Waals surface area contributed by atoms with Crippen molar-refractivity contribution in [3.05, 3.63) is 35.1 Å². The highest BCUT2D eigenvalue weighted by Gasteiger charge is 2.26. The standard InChI is InChI=1S/C12H15FN2O/c1-8-3-4-9(13)5-11(8)12(16)15(2)10-6-14-7-10/h3-5,10,14H,6-7H2,1-2H3. The van der Waals surface area contributed by atoms with Crippen LogP contribution in [0, 0.1) is 12.7 Å². The van der Waals surface area contributed by atoms with E-state index in [1.165, 1.54) is 12.1 Å². The first kappa shape index (κ1) is 11.1. The lowest BCUT2D eigenvalue weighted by Crippen LogP contribution is -2.57. The van der Waals surface area contributed by atoms with Gasteiger partial charge < -0.3 is 10.2 Å². The minimum Gasteiger partial charge on any atom is -0.336 e. The van der Waals surface area contributed by atoms with Crippen LogP contribution >= 0.6 is 0 Å². The van der Waals surface area contributed by atoms with Gasteiger partial charge in [0.2, 0.25) is 0 Å². The van der Waals surface area contributed by atoms with E-state index >= 15 is 0 Å². The fraction of sp³-hybridized carbons (Fsp3) is 0.417. The first-order valence-electron chi connectivity index (χ1n) is 5.33. The van der Waals surface area contributed by atoms with E-state index in [-0.39, 0.29) is 17.8 Å². The molecule has 0 saturated carbocycles. The number of amides is 1. The molecule has 1 aromatic carbocycles. The third-order valence-electron chi connectivity index (χ3n) is 3.06. The molecule has 2 rings (SSSR count). The van der Waals surface area contributed by atoms with Crippen LogP contribution in [0.4, 0.5) is 4.39 Å². The first-order valence-corrected chi connectivity index (χ1v) is 5.33. The molecule has 3 nitrogen and oxygen atoms in total. The molecule has 1 aromatic rings. The molecular formula is C12H15FN2O. The number of carbonyl (C=O) groups excluding carboxylic acids is 1. The van der Waals surface area contributed by atoms with Crippen LogP contribution in [0.2, 0.25) is 0 Å². The summed E-state index contributed by atoms with van der Waals surface area (Å²) < 4.78 is 13.1. The Hall–Kier alpha value is -1.42. The van der Waals surface area contributed by atoms with E-state index in [2.05, 4.69) is 5.32 Å². The van der Waals surface area contributed by atoms with Gasteiger partial charge in [-0.25, -0.2) is 4.39 Å². The minimum absolute atomic E-state index is 0.108. The molecule has 1 N–H and O–H groups in total. The van der Waals surface area contributed by atoms with E-state index in [9.17, 15) is 9.18 Å². The van der Waals surface area contributed by atoms with Gasteiger partial charge in [0.1, 0.15) is 5.82 Å². The number of nitrogens with zero attached hydrogens (tertiary/aromatic N) is 1.